The van der Waals surface area contributed by atoms with Gasteiger partial charge in [-0.25, -0.2) is 9.59 Å². The second-order valence-corrected chi connectivity index (χ2v) is 7.08. The molecule has 0 saturated heterocycles. The van der Waals surface area contributed by atoms with Crippen molar-refractivity contribution in [2.24, 2.45) is 5.41 Å². The van der Waals surface area contributed by atoms with Crippen molar-refractivity contribution in [2.45, 2.75) is 33.7 Å². The average Bonchev–Trinajstić information content (AvgIpc) is 2.59. The number of nitrogens with zero attached hydrogens (tertiary/aromatic N) is 1. The van der Waals surface area contributed by atoms with Crippen LogP contribution in [0.15, 0.2) is 41.6 Å². The molecule has 0 spiro atoms. The minimum atomic E-state index is -0.687. The van der Waals surface area contributed by atoms with Crippen LogP contribution in [0.4, 0.5) is 4.79 Å². The number of ether oxygens (including phenoxy) is 2. The Hall–Kier alpha value is -2.83. The monoisotopic (exact) mass is 360 g/mol. The molecule has 1 aromatic rings. The molecule has 0 aliphatic carbocycles. The smallest absolute Gasteiger partial charge is 0.341 e. The highest BCUT2D eigenvalue weighted by atomic mass is 16.7. The molecular weight excluding hydrogens is 336 g/mol. The van der Waals surface area contributed by atoms with Crippen LogP contribution in [-0.2, 0) is 19.1 Å². The predicted octanol–water partition coefficient (Wildman–Crippen LogP) is 2.75. The van der Waals surface area contributed by atoms with Crippen LogP contribution >= 0.6 is 0 Å². The van der Waals surface area contributed by atoms with Gasteiger partial charge in [-0.3, -0.25) is 4.79 Å². The molecule has 1 aliphatic heterocycles. The molecule has 1 heterocycles. The van der Waals surface area contributed by atoms with E-state index in [1.807, 2.05) is 30.3 Å². The zero-order valence-corrected chi connectivity index (χ0v) is 15.7. The number of carbonyl (C=O) groups is 3. The molecule has 7 nitrogen and oxygen atoms in total. The van der Waals surface area contributed by atoms with Crippen molar-refractivity contribution in [1.82, 2.24) is 10.2 Å². The number of benzene rings is 1. The molecule has 1 aliphatic rings. The highest BCUT2D eigenvalue weighted by Gasteiger charge is 2.35. The highest BCUT2D eigenvalue weighted by Crippen LogP contribution is 2.30. The van der Waals surface area contributed by atoms with E-state index in [4.69, 9.17) is 9.47 Å². The fraction of sp³-hybridized carbons (Fsp3) is 0.421. The number of hydrogen-bond donors (Lipinski definition) is 1. The molecule has 0 fully saturated rings. The second-order valence-electron chi connectivity index (χ2n) is 7.08. The molecule has 1 aromatic carbocycles. The van der Waals surface area contributed by atoms with E-state index in [0.717, 1.165) is 5.56 Å². The molecule has 2 rings (SSSR count). The third-order valence-corrected chi connectivity index (χ3v) is 4.10. The van der Waals surface area contributed by atoms with E-state index in [1.54, 1.807) is 34.7 Å². The van der Waals surface area contributed by atoms with Crippen LogP contribution in [0, 0.1) is 5.41 Å². The number of amides is 2. The first-order valence-corrected chi connectivity index (χ1v) is 8.27. The SMILES string of the molecule is CC1=C(C(=O)OCOC(=O)C(C)(C)C)C(c2ccccc2)NC(=O)N1C. The first-order valence-electron chi connectivity index (χ1n) is 8.27. The van der Waals surface area contributed by atoms with Crippen LogP contribution in [0.25, 0.3) is 0 Å². The number of allylic oxidation sites excluding steroid dienone is 1. The summed E-state index contributed by atoms with van der Waals surface area (Å²) in [4.78, 5) is 37.9. The van der Waals surface area contributed by atoms with Gasteiger partial charge in [-0.15, -0.1) is 0 Å². The number of hydrogen-bond acceptors (Lipinski definition) is 5. The number of rotatable bonds is 4. The fourth-order valence-corrected chi connectivity index (χ4v) is 2.43. The van der Waals surface area contributed by atoms with E-state index in [9.17, 15) is 14.4 Å². The summed E-state index contributed by atoms with van der Waals surface area (Å²) in [5, 5.41) is 2.79. The van der Waals surface area contributed by atoms with Crippen molar-refractivity contribution in [3.05, 3.63) is 47.2 Å². The minimum absolute atomic E-state index is 0.296. The predicted molar refractivity (Wildman–Crippen MR) is 94.7 cm³/mol. The Morgan fingerprint density at radius 3 is 2.35 bits per heavy atom. The molecule has 140 valence electrons. The number of nitrogens with one attached hydrogen (secondary N) is 1. The molecule has 1 atom stereocenters. The zero-order valence-electron chi connectivity index (χ0n) is 15.7. The summed E-state index contributed by atoms with van der Waals surface area (Å²) in [5.41, 5.74) is 0.847. The quantitative estimate of drug-likeness (QED) is 0.659. The molecule has 7 heteroatoms. The van der Waals surface area contributed by atoms with Gasteiger partial charge < -0.3 is 19.7 Å². The molecule has 1 unspecified atom stereocenters. The summed E-state index contributed by atoms with van der Waals surface area (Å²) in [6.07, 6.45) is 0. The molecule has 0 bridgehead atoms. The van der Waals surface area contributed by atoms with Gasteiger partial charge in [0.2, 0.25) is 6.79 Å². The molecule has 26 heavy (non-hydrogen) atoms. The first-order chi connectivity index (χ1) is 12.1. The summed E-state index contributed by atoms with van der Waals surface area (Å²) in [6.45, 7) is 6.32. The van der Waals surface area contributed by atoms with E-state index in [2.05, 4.69) is 5.32 Å². The molecule has 0 saturated carbocycles. The lowest BCUT2D eigenvalue weighted by Gasteiger charge is -2.33. The Morgan fingerprint density at radius 1 is 1.15 bits per heavy atom. The van der Waals surface area contributed by atoms with E-state index in [-0.39, 0.29) is 6.03 Å². The maximum atomic E-state index is 12.6. The number of esters is 2. The first kappa shape index (κ1) is 19.5. The van der Waals surface area contributed by atoms with E-state index >= 15 is 0 Å². The van der Waals surface area contributed by atoms with Crippen LogP contribution in [0.5, 0.6) is 0 Å². The lowest BCUT2D eigenvalue weighted by atomic mass is 9.95. The highest BCUT2D eigenvalue weighted by molar-refractivity contribution is 5.95. The fourth-order valence-electron chi connectivity index (χ4n) is 2.43. The van der Waals surface area contributed by atoms with Crippen LogP contribution in [-0.4, -0.2) is 36.7 Å². The maximum Gasteiger partial charge on any atom is 0.341 e. The van der Waals surface area contributed by atoms with Crippen molar-refractivity contribution in [3.8, 4) is 0 Å². The largest absolute Gasteiger partial charge is 0.427 e. The van der Waals surface area contributed by atoms with Crippen molar-refractivity contribution in [3.63, 3.8) is 0 Å². The normalized spacial score (nSPS) is 17.7. The van der Waals surface area contributed by atoms with Gasteiger partial charge in [0.1, 0.15) is 0 Å². The van der Waals surface area contributed by atoms with E-state index in [1.165, 1.54) is 4.90 Å². The van der Waals surface area contributed by atoms with Crippen molar-refractivity contribution < 1.29 is 23.9 Å². The minimum Gasteiger partial charge on any atom is -0.427 e. The lowest BCUT2D eigenvalue weighted by Crippen LogP contribution is -2.46. The van der Waals surface area contributed by atoms with Gasteiger partial charge >= 0.3 is 18.0 Å². The van der Waals surface area contributed by atoms with Gasteiger partial charge in [-0.05, 0) is 33.3 Å². The topological polar surface area (TPSA) is 84.9 Å². The summed E-state index contributed by atoms with van der Waals surface area (Å²) >= 11 is 0. The summed E-state index contributed by atoms with van der Waals surface area (Å²) < 4.78 is 10.1. The third kappa shape index (κ3) is 4.22. The molecular formula is C19H24N2O5. The standard InChI is InChI=1S/C19H24N2O5/c1-12-14(16(22)25-11-26-17(23)19(2,3)4)15(20-18(24)21(12)5)13-9-7-6-8-10-13/h6-10,15H,11H2,1-5H3,(H,20,24). The molecule has 0 aromatic heterocycles. The summed E-state index contributed by atoms with van der Waals surface area (Å²) in [6, 6.07) is 8.18. The van der Waals surface area contributed by atoms with Gasteiger partial charge in [0.25, 0.3) is 0 Å². The summed E-state index contributed by atoms with van der Waals surface area (Å²) in [7, 11) is 1.57. The lowest BCUT2D eigenvalue weighted by molar-refractivity contribution is -0.171. The Bertz CT molecular complexity index is 734. The third-order valence-electron chi connectivity index (χ3n) is 4.10. The van der Waals surface area contributed by atoms with Crippen LogP contribution < -0.4 is 5.32 Å². The maximum absolute atomic E-state index is 12.6. The Kier molecular flexibility index (Phi) is 5.69. The molecule has 0 radical (unpaired) electrons. The van der Waals surface area contributed by atoms with Gasteiger partial charge in [-0.1, -0.05) is 30.3 Å². The van der Waals surface area contributed by atoms with Crippen molar-refractivity contribution in [1.29, 1.82) is 0 Å². The Labute approximate surface area is 153 Å². The van der Waals surface area contributed by atoms with Crippen LogP contribution in [0.2, 0.25) is 0 Å². The Morgan fingerprint density at radius 2 is 1.77 bits per heavy atom. The van der Waals surface area contributed by atoms with E-state index in [0.29, 0.717) is 11.3 Å². The molecule has 1 N–H and O–H groups in total. The van der Waals surface area contributed by atoms with Crippen LogP contribution in [0.3, 0.4) is 0 Å². The number of carbonyl (C=O) groups excluding carboxylic acids is 3. The van der Waals surface area contributed by atoms with E-state index < -0.39 is 30.2 Å². The van der Waals surface area contributed by atoms with Crippen molar-refractivity contribution in [2.75, 3.05) is 13.8 Å². The van der Waals surface area contributed by atoms with Gasteiger partial charge in [0.05, 0.1) is 17.0 Å². The zero-order chi connectivity index (χ0) is 19.5. The van der Waals surface area contributed by atoms with Crippen LogP contribution in [0.1, 0.15) is 39.3 Å². The van der Waals surface area contributed by atoms with Gasteiger partial charge in [-0.2, -0.15) is 0 Å². The van der Waals surface area contributed by atoms with Gasteiger partial charge in [0, 0.05) is 12.7 Å². The van der Waals surface area contributed by atoms with Gasteiger partial charge in [0.15, 0.2) is 0 Å². The number of urea groups is 1. The summed E-state index contributed by atoms with van der Waals surface area (Å²) in [5.74, 6) is -1.12. The average molecular weight is 360 g/mol. The second kappa shape index (κ2) is 7.59. The van der Waals surface area contributed by atoms with Crippen molar-refractivity contribution >= 4 is 18.0 Å². The molecule has 2 amide bonds. The Balaban J connectivity index is 2.20.